The predicted octanol–water partition coefficient (Wildman–Crippen LogP) is 1.35. The molecule has 0 radical (unpaired) electrons. The van der Waals surface area contributed by atoms with Crippen molar-refractivity contribution in [3.63, 3.8) is 0 Å². The molecule has 1 N–H and O–H groups in total. The van der Waals surface area contributed by atoms with Crippen LogP contribution in [0.1, 0.15) is 12.8 Å². The number of piperazine rings is 1. The molecule has 6 nitrogen and oxygen atoms in total. The third-order valence-electron chi connectivity index (χ3n) is 5.63. The highest BCUT2D eigenvalue weighted by Gasteiger charge is 2.56. The summed E-state index contributed by atoms with van der Waals surface area (Å²) in [7, 11) is 0. The first-order valence-corrected chi connectivity index (χ1v) is 8.73. The summed E-state index contributed by atoms with van der Waals surface area (Å²) < 4.78 is 19.6. The van der Waals surface area contributed by atoms with Gasteiger partial charge in [0.1, 0.15) is 5.82 Å². The molecular weight excluding hydrogens is 327 g/mol. The Morgan fingerprint density at radius 2 is 1.68 bits per heavy atom. The lowest BCUT2D eigenvalue weighted by molar-refractivity contribution is -0.151. The molecule has 4 rings (SSSR count). The lowest BCUT2D eigenvalue weighted by Crippen LogP contribution is -2.53. The number of halogens is 1. The molecule has 25 heavy (non-hydrogen) atoms. The van der Waals surface area contributed by atoms with Gasteiger partial charge in [0.15, 0.2) is 0 Å². The minimum atomic E-state index is -0.949. The first-order valence-electron chi connectivity index (χ1n) is 8.73. The Balaban J connectivity index is 1.43. The Bertz CT molecular complexity index is 689. The summed E-state index contributed by atoms with van der Waals surface area (Å²) in [5.41, 5.74) is 0.543. The van der Waals surface area contributed by atoms with Gasteiger partial charge in [-0.05, 0) is 25.0 Å². The van der Waals surface area contributed by atoms with E-state index in [1.165, 1.54) is 6.07 Å². The molecule has 4 atom stereocenters. The molecule has 3 saturated heterocycles. The zero-order valence-electron chi connectivity index (χ0n) is 13.8. The van der Waals surface area contributed by atoms with Gasteiger partial charge in [0.2, 0.25) is 5.91 Å². The number of carbonyl (C=O) groups is 2. The second-order valence-electron chi connectivity index (χ2n) is 6.94. The fourth-order valence-electron chi connectivity index (χ4n) is 4.39. The molecule has 0 unspecified atom stereocenters. The van der Waals surface area contributed by atoms with Crippen LogP contribution in [0.15, 0.2) is 24.3 Å². The molecule has 3 aliphatic heterocycles. The van der Waals surface area contributed by atoms with Crippen molar-refractivity contribution < 1.29 is 23.8 Å². The summed E-state index contributed by atoms with van der Waals surface area (Å²) in [6.45, 7) is 2.00. The van der Waals surface area contributed by atoms with E-state index in [1.807, 2.05) is 4.90 Å². The minimum Gasteiger partial charge on any atom is -0.481 e. The standard InChI is InChI=1S/C18H21FN2O4/c19-11-3-1-2-4-12(11)20-7-9-21(10-8-20)17(22)15-13-5-6-14(25-13)16(15)18(23)24/h1-4,13-16H,5-10H2,(H,23,24)/t13-,14-,15+,16+/m1/s1. The van der Waals surface area contributed by atoms with Crippen molar-refractivity contribution in [3.05, 3.63) is 30.1 Å². The zero-order chi connectivity index (χ0) is 17.6. The number of amides is 1. The molecular formula is C18H21FN2O4. The third kappa shape index (κ3) is 2.76. The van der Waals surface area contributed by atoms with Crippen LogP contribution in [0.3, 0.4) is 0 Å². The van der Waals surface area contributed by atoms with Crippen LogP contribution in [-0.2, 0) is 14.3 Å². The normalized spacial score (nSPS) is 31.4. The van der Waals surface area contributed by atoms with E-state index in [2.05, 4.69) is 0 Å². The van der Waals surface area contributed by atoms with Crippen molar-refractivity contribution in [2.75, 3.05) is 31.1 Å². The van der Waals surface area contributed by atoms with Crippen LogP contribution < -0.4 is 4.90 Å². The lowest BCUT2D eigenvalue weighted by Gasteiger charge is -2.38. The van der Waals surface area contributed by atoms with Crippen molar-refractivity contribution in [1.82, 2.24) is 4.90 Å². The first-order chi connectivity index (χ1) is 12.1. The summed E-state index contributed by atoms with van der Waals surface area (Å²) in [6, 6.07) is 6.60. The van der Waals surface area contributed by atoms with Gasteiger partial charge in [-0.2, -0.15) is 0 Å². The molecule has 3 aliphatic rings. The highest BCUT2D eigenvalue weighted by molar-refractivity contribution is 5.86. The van der Waals surface area contributed by atoms with E-state index in [4.69, 9.17) is 4.74 Å². The van der Waals surface area contributed by atoms with Crippen molar-refractivity contribution in [2.24, 2.45) is 11.8 Å². The predicted molar refractivity (Wildman–Crippen MR) is 87.7 cm³/mol. The van der Waals surface area contributed by atoms with Crippen molar-refractivity contribution >= 4 is 17.6 Å². The SMILES string of the molecule is O=C(O)[C@@H]1[C@@H](C(=O)N2CCN(c3ccccc3F)CC2)[C@H]2CC[C@H]1O2. The summed E-state index contributed by atoms with van der Waals surface area (Å²) in [5, 5.41) is 9.47. The molecule has 7 heteroatoms. The number of aliphatic carboxylic acids is 1. The smallest absolute Gasteiger partial charge is 0.310 e. The maximum atomic E-state index is 13.9. The second-order valence-corrected chi connectivity index (χ2v) is 6.94. The number of hydrogen-bond donors (Lipinski definition) is 1. The van der Waals surface area contributed by atoms with Crippen molar-refractivity contribution in [3.8, 4) is 0 Å². The second kappa shape index (κ2) is 6.29. The first kappa shape index (κ1) is 16.3. The van der Waals surface area contributed by atoms with Crippen LogP contribution in [0.4, 0.5) is 10.1 Å². The Labute approximate surface area is 145 Å². The van der Waals surface area contributed by atoms with E-state index in [0.29, 0.717) is 38.3 Å². The van der Waals surface area contributed by atoms with Crippen LogP contribution in [0.25, 0.3) is 0 Å². The van der Waals surface area contributed by atoms with Gasteiger partial charge in [-0.3, -0.25) is 9.59 Å². The minimum absolute atomic E-state index is 0.132. The highest BCUT2D eigenvalue weighted by Crippen LogP contribution is 2.44. The third-order valence-corrected chi connectivity index (χ3v) is 5.63. The van der Waals surface area contributed by atoms with E-state index in [0.717, 1.165) is 6.42 Å². The Morgan fingerprint density at radius 3 is 2.32 bits per heavy atom. The number of carbonyl (C=O) groups excluding carboxylic acids is 1. The van der Waals surface area contributed by atoms with Gasteiger partial charge in [-0.15, -0.1) is 0 Å². The Hall–Kier alpha value is -2.15. The number of rotatable bonds is 3. The number of carboxylic acids is 1. The molecule has 0 saturated carbocycles. The van der Waals surface area contributed by atoms with Gasteiger partial charge < -0.3 is 19.6 Å². The van der Waals surface area contributed by atoms with Gasteiger partial charge in [0.25, 0.3) is 0 Å². The van der Waals surface area contributed by atoms with Gasteiger partial charge in [-0.25, -0.2) is 4.39 Å². The van der Waals surface area contributed by atoms with Crippen LogP contribution in [0.2, 0.25) is 0 Å². The topological polar surface area (TPSA) is 70.1 Å². The molecule has 1 aromatic carbocycles. The Morgan fingerprint density at radius 1 is 1.04 bits per heavy atom. The van der Waals surface area contributed by atoms with Crippen molar-refractivity contribution in [2.45, 2.75) is 25.0 Å². The van der Waals surface area contributed by atoms with Gasteiger partial charge in [0, 0.05) is 26.2 Å². The molecule has 134 valence electrons. The number of carboxylic acid groups (broad SMARTS) is 1. The largest absolute Gasteiger partial charge is 0.481 e. The molecule has 3 fully saturated rings. The van der Waals surface area contributed by atoms with Gasteiger partial charge in [-0.1, -0.05) is 12.1 Å². The molecule has 0 aliphatic carbocycles. The lowest BCUT2D eigenvalue weighted by atomic mass is 9.78. The highest BCUT2D eigenvalue weighted by atomic mass is 19.1. The molecule has 1 amide bonds. The number of benzene rings is 1. The van der Waals surface area contributed by atoms with Gasteiger partial charge >= 0.3 is 5.97 Å². The van der Waals surface area contributed by atoms with Crippen LogP contribution >= 0.6 is 0 Å². The van der Waals surface area contributed by atoms with Gasteiger partial charge in [0.05, 0.1) is 29.7 Å². The fraction of sp³-hybridized carbons (Fsp3) is 0.556. The number of para-hydroxylation sites is 1. The summed E-state index contributed by atoms with van der Waals surface area (Å²) in [4.78, 5) is 28.1. The summed E-state index contributed by atoms with van der Waals surface area (Å²) >= 11 is 0. The number of hydrogen-bond acceptors (Lipinski definition) is 4. The number of nitrogens with zero attached hydrogens (tertiary/aromatic N) is 2. The Kier molecular flexibility index (Phi) is 4.11. The maximum absolute atomic E-state index is 13.9. The van der Waals surface area contributed by atoms with E-state index >= 15 is 0 Å². The maximum Gasteiger partial charge on any atom is 0.310 e. The van der Waals surface area contributed by atoms with E-state index in [1.54, 1.807) is 23.1 Å². The van der Waals surface area contributed by atoms with E-state index < -0.39 is 17.8 Å². The quantitative estimate of drug-likeness (QED) is 0.893. The average Bonchev–Trinajstić information content (AvgIpc) is 3.23. The van der Waals surface area contributed by atoms with E-state index in [-0.39, 0.29) is 23.9 Å². The molecule has 3 heterocycles. The molecule has 0 aromatic heterocycles. The average molecular weight is 348 g/mol. The number of ether oxygens (including phenoxy) is 1. The zero-order valence-corrected chi connectivity index (χ0v) is 13.8. The number of fused-ring (bicyclic) bond motifs is 2. The molecule has 2 bridgehead atoms. The molecule has 1 aromatic rings. The number of anilines is 1. The van der Waals surface area contributed by atoms with Crippen molar-refractivity contribution in [1.29, 1.82) is 0 Å². The van der Waals surface area contributed by atoms with Crippen LogP contribution in [-0.4, -0.2) is 60.3 Å². The summed E-state index contributed by atoms with van der Waals surface area (Å²) in [6.07, 6.45) is 0.853. The summed E-state index contributed by atoms with van der Waals surface area (Å²) in [5.74, 6) is -2.68. The van der Waals surface area contributed by atoms with Crippen LogP contribution in [0.5, 0.6) is 0 Å². The molecule has 0 spiro atoms. The van der Waals surface area contributed by atoms with E-state index in [9.17, 15) is 19.1 Å². The monoisotopic (exact) mass is 348 g/mol. The fourth-order valence-corrected chi connectivity index (χ4v) is 4.39. The van der Waals surface area contributed by atoms with Crippen LogP contribution in [0, 0.1) is 17.7 Å².